The maximum absolute atomic E-state index is 12.2. The summed E-state index contributed by atoms with van der Waals surface area (Å²) in [6.45, 7) is 3.05. The van der Waals surface area contributed by atoms with Gasteiger partial charge in [0.1, 0.15) is 0 Å². The molecule has 112 valence electrons. The average molecular weight is 286 g/mol. The Morgan fingerprint density at radius 1 is 1.38 bits per heavy atom. The lowest BCUT2D eigenvalue weighted by Crippen LogP contribution is -2.31. The molecule has 0 radical (unpaired) electrons. The van der Waals surface area contributed by atoms with Crippen LogP contribution in [0.3, 0.4) is 0 Å². The number of rotatable bonds is 3. The Balaban J connectivity index is 1.58. The molecule has 1 aliphatic carbocycles. The summed E-state index contributed by atoms with van der Waals surface area (Å²) >= 11 is 0. The van der Waals surface area contributed by atoms with Gasteiger partial charge in [-0.1, -0.05) is 25.8 Å². The summed E-state index contributed by atoms with van der Waals surface area (Å²) in [4.78, 5) is 23.6. The molecule has 1 aliphatic heterocycles. The van der Waals surface area contributed by atoms with Gasteiger partial charge in [0, 0.05) is 17.8 Å². The zero-order valence-corrected chi connectivity index (χ0v) is 12.4. The fourth-order valence-corrected chi connectivity index (χ4v) is 3.44. The highest BCUT2D eigenvalue weighted by atomic mass is 16.2. The van der Waals surface area contributed by atoms with Gasteiger partial charge in [0.15, 0.2) is 0 Å². The van der Waals surface area contributed by atoms with Crippen molar-refractivity contribution >= 4 is 17.5 Å². The Kier molecular flexibility index (Phi) is 3.95. The van der Waals surface area contributed by atoms with E-state index in [0.717, 1.165) is 23.7 Å². The molecule has 0 saturated heterocycles. The van der Waals surface area contributed by atoms with E-state index in [1.807, 2.05) is 6.07 Å². The summed E-state index contributed by atoms with van der Waals surface area (Å²) in [6.07, 6.45) is 5.42. The van der Waals surface area contributed by atoms with Gasteiger partial charge in [0.25, 0.3) is 5.91 Å². The van der Waals surface area contributed by atoms with E-state index in [9.17, 15) is 9.59 Å². The second kappa shape index (κ2) is 5.88. The van der Waals surface area contributed by atoms with Gasteiger partial charge >= 0.3 is 0 Å². The minimum Gasteiger partial charge on any atom is -0.352 e. The summed E-state index contributed by atoms with van der Waals surface area (Å²) in [5, 5.41) is 5.82. The van der Waals surface area contributed by atoms with Crippen molar-refractivity contribution in [1.82, 2.24) is 5.32 Å². The highest BCUT2D eigenvalue weighted by molar-refractivity contribution is 6.02. The van der Waals surface area contributed by atoms with Gasteiger partial charge in [-0.15, -0.1) is 0 Å². The van der Waals surface area contributed by atoms with Gasteiger partial charge in [0.05, 0.1) is 6.42 Å². The number of carbonyl (C=O) groups excluding carboxylic acids is 2. The maximum Gasteiger partial charge on any atom is 0.251 e. The predicted molar refractivity (Wildman–Crippen MR) is 82.2 cm³/mol. The molecular formula is C17H22N2O2. The molecule has 2 aliphatic rings. The monoisotopic (exact) mass is 286 g/mol. The number of hydrogen-bond donors (Lipinski definition) is 2. The van der Waals surface area contributed by atoms with Crippen molar-refractivity contribution in [3.63, 3.8) is 0 Å². The van der Waals surface area contributed by atoms with Crippen molar-refractivity contribution in [2.45, 2.75) is 39.0 Å². The van der Waals surface area contributed by atoms with Gasteiger partial charge in [0.2, 0.25) is 5.91 Å². The van der Waals surface area contributed by atoms with Crippen molar-refractivity contribution in [3.05, 3.63) is 29.3 Å². The number of carbonyl (C=O) groups is 2. The maximum atomic E-state index is 12.2. The van der Waals surface area contributed by atoms with Crippen LogP contribution in [0.15, 0.2) is 18.2 Å². The van der Waals surface area contributed by atoms with E-state index in [1.165, 1.54) is 25.7 Å². The molecule has 0 bridgehead atoms. The molecule has 1 saturated carbocycles. The first-order chi connectivity index (χ1) is 10.1. The van der Waals surface area contributed by atoms with Crippen LogP contribution in [0.25, 0.3) is 0 Å². The van der Waals surface area contributed by atoms with Crippen LogP contribution in [0, 0.1) is 11.8 Å². The van der Waals surface area contributed by atoms with Crippen LogP contribution in [0.1, 0.15) is 48.5 Å². The molecule has 2 atom stereocenters. The highest BCUT2D eigenvalue weighted by Gasteiger charge is 2.21. The fourth-order valence-electron chi connectivity index (χ4n) is 3.44. The van der Waals surface area contributed by atoms with Crippen molar-refractivity contribution in [2.75, 3.05) is 11.9 Å². The summed E-state index contributed by atoms with van der Waals surface area (Å²) in [5.74, 6) is 1.33. The first-order valence-electron chi connectivity index (χ1n) is 7.83. The minimum atomic E-state index is -0.0443. The molecule has 4 heteroatoms. The lowest BCUT2D eigenvalue weighted by molar-refractivity contribution is -0.115. The van der Waals surface area contributed by atoms with E-state index in [4.69, 9.17) is 0 Å². The second-order valence-electron chi connectivity index (χ2n) is 6.44. The summed E-state index contributed by atoms with van der Waals surface area (Å²) in [7, 11) is 0. The van der Waals surface area contributed by atoms with Crippen molar-refractivity contribution in [1.29, 1.82) is 0 Å². The van der Waals surface area contributed by atoms with Crippen LogP contribution < -0.4 is 10.6 Å². The Hall–Kier alpha value is -1.84. The van der Waals surface area contributed by atoms with Gasteiger partial charge < -0.3 is 10.6 Å². The number of hydrogen-bond acceptors (Lipinski definition) is 2. The first-order valence-corrected chi connectivity index (χ1v) is 7.83. The summed E-state index contributed by atoms with van der Waals surface area (Å²) < 4.78 is 0. The molecule has 3 rings (SSSR count). The molecule has 1 fully saturated rings. The standard InChI is InChI=1S/C17H22N2O2/c1-11-3-2-4-12(7-11)10-18-17(21)14-6-5-13-9-16(20)19-15(13)8-14/h5-6,8,11-12H,2-4,7,9-10H2,1H3,(H,18,21)(H,19,20). The van der Waals surface area contributed by atoms with Crippen LogP contribution >= 0.6 is 0 Å². The zero-order chi connectivity index (χ0) is 14.8. The number of amides is 2. The van der Waals surface area contributed by atoms with E-state index < -0.39 is 0 Å². The lowest BCUT2D eigenvalue weighted by Gasteiger charge is -2.26. The third-order valence-corrected chi connectivity index (χ3v) is 4.59. The zero-order valence-electron chi connectivity index (χ0n) is 12.4. The average Bonchev–Trinajstić information content (AvgIpc) is 2.84. The molecule has 2 amide bonds. The van der Waals surface area contributed by atoms with E-state index in [-0.39, 0.29) is 11.8 Å². The van der Waals surface area contributed by atoms with Crippen molar-refractivity contribution < 1.29 is 9.59 Å². The SMILES string of the molecule is CC1CCCC(CNC(=O)c2ccc3c(c2)NC(=O)C3)C1. The number of anilines is 1. The van der Waals surface area contributed by atoms with Gasteiger partial charge in [-0.25, -0.2) is 0 Å². The molecular weight excluding hydrogens is 264 g/mol. The molecule has 0 spiro atoms. The van der Waals surface area contributed by atoms with Crippen LogP contribution in [0.5, 0.6) is 0 Å². The van der Waals surface area contributed by atoms with E-state index in [1.54, 1.807) is 12.1 Å². The predicted octanol–water partition coefficient (Wildman–Crippen LogP) is 2.74. The normalized spacial score (nSPS) is 24.3. The smallest absolute Gasteiger partial charge is 0.251 e. The largest absolute Gasteiger partial charge is 0.352 e. The van der Waals surface area contributed by atoms with Crippen LogP contribution in [-0.4, -0.2) is 18.4 Å². The summed E-state index contributed by atoms with van der Waals surface area (Å²) in [5.41, 5.74) is 2.37. The third-order valence-electron chi connectivity index (χ3n) is 4.59. The van der Waals surface area contributed by atoms with Crippen LogP contribution in [0.2, 0.25) is 0 Å². The van der Waals surface area contributed by atoms with E-state index in [2.05, 4.69) is 17.6 Å². The molecule has 21 heavy (non-hydrogen) atoms. The highest BCUT2D eigenvalue weighted by Crippen LogP contribution is 2.28. The minimum absolute atomic E-state index is 0.00116. The molecule has 0 aromatic heterocycles. The Labute approximate surface area is 125 Å². The van der Waals surface area contributed by atoms with Gasteiger partial charge in [-0.2, -0.15) is 0 Å². The van der Waals surface area contributed by atoms with Crippen LogP contribution in [0.4, 0.5) is 5.69 Å². The molecule has 1 aromatic carbocycles. The van der Waals surface area contributed by atoms with E-state index >= 15 is 0 Å². The molecule has 1 heterocycles. The topological polar surface area (TPSA) is 58.2 Å². The van der Waals surface area contributed by atoms with Crippen molar-refractivity contribution in [2.24, 2.45) is 11.8 Å². The Morgan fingerprint density at radius 3 is 3.05 bits per heavy atom. The van der Waals surface area contributed by atoms with Crippen LogP contribution in [-0.2, 0) is 11.2 Å². The molecule has 2 unspecified atom stereocenters. The summed E-state index contributed by atoms with van der Waals surface area (Å²) in [6, 6.07) is 5.45. The number of fused-ring (bicyclic) bond motifs is 1. The van der Waals surface area contributed by atoms with E-state index in [0.29, 0.717) is 17.9 Å². The van der Waals surface area contributed by atoms with Crippen molar-refractivity contribution in [3.8, 4) is 0 Å². The van der Waals surface area contributed by atoms with Gasteiger partial charge in [-0.3, -0.25) is 9.59 Å². The number of benzene rings is 1. The fraction of sp³-hybridized carbons (Fsp3) is 0.529. The Morgan fingerprint density at radius 2 is 2.24 bits per heavy atom. The second-order valence-corrected chi connectivity index (χ2v) is 6.44. The molecule has 2 N–H and O–H groups in total. The molecule has 4 nitrogen and oxygen atoms in total. The van der Waals surface area contributed by atoms with Gasteiger partial charge in [-0.05, 0) is 42.4 Å². The first kappa shape index (κ1) is 14.1. The number of nitrogens with one attached hydrogen (secondary N) is 2. The third kappa shape index (κ3) is 3.26. The lowest BCUT2D eigenvalue weighted by atomic mass is 9.82. The molecule has 1 aromatic rings. The quantitative estimate of drug-likeness (QED) is 0.897. The Bertz CT molecular complexity index is 568.